The van der Waals surface area contributed by atoms with Gasteiger partial charge in [0.25, 0.3) is 0 Å². The van der Waals surface area contributed by atoms with Crippen LogP contribution in [0.2, 0.25) is 0 Å². The van der Waals surface area contributed by atoms with Crippen molar-refractivity contribution >= 4 is 43.8 Å². The molecule has 0 saturated heterocycles. The minimum atomic E-state index is -0.349. The Kier molecular flexibility index (Phi) is 4.86. The van der Waals surface area contributed by atoms with E-state index in [9.17, 15) is 4.79 Å². The van der Waals surface area contributed by atoms with Crippen LogP contribution in [0, 0.1) is 0 Å². The van der Waals surface area contributed by atoms with Crippen LogP contribution in [-0.4, -0.2) is 16.0 Å². The normalized spacial score (nSPS) is 10.0. The minimum Gasteiger partial charge on any atom is -0.334 e. The van der Waals surface area contributed by atoms with Crippen LogP contribution in [0.25, 0.3) is 0 Å². The Labute approximate surface area is 127 Å². The average Bonchev–Trinajstić information content (AvgIpc) is 2.40. The Morgan fingerprint density at radius 3 is 2.53 bits per heavy atom. The predicted octanol–water partition coefficient (Wildman–Crippen LogP) is 3.32. The van der Waals surface area contributed by atoms with Crippen LogP contribution in [0.1, 0.15) is 5.56 Å². The molecule has 2 N–H and O–H groups in total. The van der Waals surface area contributed by atoms with E-state index in [1.165, 1.54) is 0 Å². The molecule has 1 aromatic carbocycles. The zero-order valence-electron chi connectivity index (χ0n) is 9.73. The van der Waals surface area contributed by atoms with Crippen LogP contribution in [0.5, 0.6) is 0 Å². The molecule has 0 aliphatic rings. The monoisotopic (exact) mass is 384 g/mol. The van der Waals surface area contributed by atoms with E-state index in [0.29, 0.717) is 6.54 Å². The molecular formula is C12H10Br2N4O. The highest BCUT2D eigenvalue weighted by atomic mass is 79.9. The fourth-order valence-corrected chi connectivity index (χ4v) is 1.97. The van der Waals surface area contributed by atoms with Crippen molar-refractivity contribution in [1.29, 1.82) is 0 Å². The first-order chi connectivity index (χ1) is 9.15. The maximum atomic E-state index is 11.7. The van der Waals surface area contributed by atoms with Gasteiger partial charge in [0, 0.05) is 23.4 Å². The lowest BCUT2D eigenvalue weighted by molar-refractivity contribution is 0.251. The summed E-state index contributed by atoms with van der Waals surface area (Å²) in [5.41, 5.74) is 0.995. The standard InChI is InChI=1S/C12H10Br2N4O/c13-9-6-15-11(16-7-9)18-12(19)17-5-8-3-1-2-4-10(8)14/h1-4,6-7H,5H2,(H2,15,16,17,18,19). The summed E-state index contributed by atoms with van der Waals surface area (Å²) in [6.45, 7) is 0.420. The second kappa shape index (κ2) is 6.63. The number of benzene rings is 1. The highest BCUT2D eigenvalue weighted by Crippen LogP contribution is 2.15. The molecule has 2 rings (SSSR count). The van der Waals surface area contributed by atoms with E-state index in [2.05, 4.69) is 52.5 Å². The topological polar surface area (TPSA) is 66.9 Å². The van der Waals surface area contributed by atoms with Crippen molar-refractivity contribution in [3.05, 3.63) is 51.2 Å². The Bertz CT molecular complexity index is 574. The maximum Gasteiger partial charge on any atom is 0.321 e. The van der Waals surface area contributed by atoms with Gasteiger partial charge >= 0.3 is 6.03 Å². The van der Waals surface area contributed by atoms with E-state index in [1.807, 2.05) is 24.3 Å². The number of amides is 2. The Hall–Kier alpha value is -1.47. The zero-order chi connectivity index (χ0) is 13.7. The van der Waals surface area contributed by atoms with Gasteiger partial charge in [0.05, 0.1) is 4.47 Å². The molecule has 0 atom stereocenters. The molecule has 0 aliphatic carbocycles. The van der Waals surface area contributed by atoms with Crippen molar-refractivity contribution in [3.8, 4) is 0 Å². The van der Waals surface area contributed by atoms with E-state index in [-0.39, 0.29) is 12.0 Å². The largest absolute Gasteiger partial charge is 0.334 e. The Morgan fingerprint density at radius 2 is 1.84 bits per heavy atom. The fraction of sp³-hybridized carbons (Fsp3) is 0.0833. The number of hydrogen-bond donors (Lipinski definition) is 2. The van der Waals surface area contributed by atoms with Crippen LogP contribution in [0.15, 0.2) is 45.6 Å². The average molecular weight is 386 g/mol. The van der Waals surface area contributed by atoms with Gasteiger partial charge in [-0.15, -0.1) is 0 Å². The summed E-state index contributed by atoms with van der Waals surface area (Å²) in [7, 11) is 0. The molecule has 7 heteroatoms. The number of nitrogens with zero attached hydrogens (tertiary/aromatic N) is 2. The molecule has 2 aromatic rings. The molecule has 1 aromatic heterocycles. The lowest BCUT2D eigenvalue weighted by Crippen LogP contribution is -2.29. The second-order valence-corrected chi connectivity index (χ2v) is 5.39. The molecular weight excluding hydrogens is 376 g/mol. The van der Waals surface area contributed by atoms with Crippen molar-refractivity contribution < 1.29 is 4.79 Å². The van der Waals surface area contributed by atoms with Crippen LogP contribution in [-0.2, 0) is 6.54 Å². The zero-order valence-corrected chi connectivity index (χ0v) is 12.9. The highest BCUT2D eigenvalue weighted by Gasteiger charge is 2.05. The van der Waals surface area contributed by atoms with E-state index in [1.54, 1.807) is 12.4 Å². The maximum absolute atomic E-state index is 11.7. The molecule has 0 unspecified atom stereocenters. The van der Waals surface area contributed by atoms with Gasteiger partial charge in [-0.2, -0.15) is 0 Å². The van der Waals surface area contributed by atoms with E-state index in [0.717, 1.165) is 14.5 Å². The first kappa shape index (κ1) is 14.0. The molecule has 98 valence electrons. The quantitative estimate of drug-likeness (QED) is 0.851. The number of urea groups is 1. The third-order valence-electron chi connectivity index (χ3n) is 2.24. The van der Waals surface area contributed by atoms with Gasteiger partial charge in [-0.25, -0.2) is 14.8 Å². The third-order valence-corrected chi connectivity index (χ3v) is 3.43. The summed E-state index contributed by atoms with van der Waals surface area (Å²) >= 11 is 6.64. The SMILES string of the molecule is O=C(NCc1ccccc1Br)Nc1ncc(Br)cn1. The van der Waals surface area contributed by atoms with Gasteiger partial charge in [0.15, 0.2) is 0 Å². The molecule has 0 radical (unpaired) electrons. The van der Waals surface area contributed by atoms with Gasteiger partial charge in [0.2, 0.25) is 5.95 Å². The minimum absolute atomic E-state index is 0.257. The van der Waals surface area contributed by atoms with Gasteiger partial charge in [-0.1, -0.05) is 34.1 Å². The summed E-state index contributed by atoms with van der Waals surface area (Å²) in [6.07, 6.45) is 3.13. The van der Waals surface area contributed by atoms with E-state index in [4.69, 9.17) is 0 Å². The molecule has 0 fully saturated rings. The van der Waals surface area contributed by atoms with Crippen LogP contribution >= 0.6 is 31.9 Å². The van der Waals surface area contributed by atoms with Gasteiger partial charge in [-0.05, 0) is 27.6 Å². The predicted molar refractivity (Wildman–Crippen MR) is 79.7 cm³/mol. The smallest absolute Gasteiger partial charge is 0.321 e. The summed E-state index contributed by atoms with van der Waals surface area (Å²) in [4.78, 5) is 19.6. The molecule has 19 heavy (non-hydrogen) atoms. The lowest BCUT2D eigenvalue weighted by atomic mass is 10.2. The Balaban J connectivity index is 1.88. The molecule has 0 saturated carbocycles. The molecule has 0 aliphatic heterocycles. The first-order valence-corrected chi connectivity index (χ1v) is 6.99. The number of carbonyl (C=O) groups is 1. The number of anilines is 1. The van der Waals surface area contributed by atoms with Crippen molar-refractivity contribution in [2.75, 3.05) is 5.32 Å². The van der Waals surface area contributed by atoms with Crippen molar-refractivity contribution in [2.45, 2.75) is 6.54 Å². The number of aromatic nitrogens is 2. The summed E-state index contributed by atoms with van der Waals surface area (Å²) in [6, 6.07) is 7.34. The molecule has 0 spiro atoms. The summed E-state index contributed by atoms with van der Waals surface area (Å²) < 4.78 is 1.71. The van der Waals surface area contributed by atoms with Crippen LogP contribution < -0.4 is 10.6 Å². The summed E-state index contributed by atoms with van der Waals surface area (Å²) in [5, 5.41) is 5.28. The molecule has 1 heterocycles. The van der Waals surface area contributed by atoms with Crippen molar-refractivity contribution in [2.24, 2.45) is 0 Å². The van der Waals surface area contributed by atoms with Crippen molar-refractivity contribution in [3.63, 3.8) is 0 Å². The molecule has 5 nitrogen and oxygen atoms in total. The van der Waals surface area contributed by atoms with Gasteiger partial charge < -0.3 is 5.32 Å². The highest BCUT2D eigenvalue weighted by molar-refractivity contribution is 9.10. The van der Waals surface area contributed by atoms with Gasteiger partial charge in [-0.3, -0.25) is 5.32 Å². The Morgan fingerprint density at radius 1 is 1.16 bits per heavy atom. The number of rotatable bonds is 3. The van der Waals surface area contributed by atoms with Crippen LogP contribution in [0.4, 0.5) is 10.7 Å². The number of hydrogen-bond acceptors (Lipinski definition) is 3. The fourth-order valence-electron chi connectivity index (χ4n) is 1.34. The number of carbonyl (C=O) groups excluding carboxylic acids is 1. The molecule has 2 amide bonds. The lowest BCUT2D eigenvalue weighted by Gasteiger charge is -2.07. The summed E-state index contributed by atoms with van der Waals surface area (Å²) in [5.74, 6) is 0.257. The van der Waals surface area contributed by atoms with Crippen molar-refractivity contribution in [1.82, 2.24) is 15.3 Å². The number of nitrogens with one attached hydrogen (secondary N) is 2. The second-order valence-electron chi connectivity index (χ2n) is 3.62. The van der Waals surface area contributed by atoms with E-state index < -0.39 is 0 Å². The third kappa shape index (κ3) is 4.29. The van der Waals surface area contributed by atoms with Crippen LogP contribution in [0.3, 0.4) is 0 Å². The first-order valence-electron chi connectivity index (χ1n) is 5.41. The molecule has 0 bridgehead atoms. The van der Waals surface area contributed by atoms with E-state index >= 15 is 0 Å². The number of halogens is 2. The van der Waals surface area contributed by atoms with Gasteiger partial charge in [0.1, 0.15) is 0 Å².